The van der Waals surface area contributed by atoms with E-state index in [-0.39, 0.29) is 13.0 Å². The molecule has 7 heteroatoms. The molecule has 1 rings (SSSR count). The summed E-state index contributed by atoms with van der Waals surface area (Å²) in [6.45, 7) is -0.0427. The molecular formula is C8H10N3O4. The minimum absolute atomic E-state index is 0.0101. The minimum Gasteiger partial charge on any atom is -0.480 e. The van der Waals surface area contributed by atoms with Crippen LogP contribution in [0.15, 0.2) is 12.3 Å². The monoisotopic (exact) mass is 212 g/mol. The first-order valence-corrected chi connectivity index (χ1v) is 4.23. The highest BCUT2D eigenvalue weighted by Gasteiger charge is 2.24. The molecule has 0 aromatic rings. The average Bonchev–Trinajstić information content (AvgIpc) is 2.16. The highest BCUT2D eigenvalue weighted by molar-refractivity contribution is 6.02. The van der Waals surface area contributed by atoms with Gasteiger partial charge in [0.1, 0.15) is 6.04 Å². The zero-order chi connectivity index (χ0) is 11.4. The lowest BCUT2D eigenvalue weighted by Crippen LogP contribution is -2.44. The van der Waals surface area contributed by atoms with Crippen LogP contribution in [0.2, 0.25) is 0 Å². The van der Waals surface area contributed by atoms with E-state index in [4.69, 9.17) is 10.8 Å². The van der Waals surface area contributed by atoms with E-state index in [2.05, 4.69) is 5.32 Å². The summed E-state index contributed by atoms with van der Waals surface area (Å²) in [5.74, 6) is -1.67. The Kier molecular flexibility index (Phi) is 3.40. The number of urea groups is 1. The highest BCUT2D eigenvalue weighted by Crippen LogP contribution is 2.02. The Labute approximate surface area is 85.5 Å². The van der Waals surface area contributed by atoms with Crippen LogP contribution < -0.4 is 11.1 Å². The molecule has 0 fully saturated rings. The van der Waals surface area contributed by atoms with Crippen LogP contribution >= 0.6 is 0 Å². The molecule has 15 heavy (non-hydrogen) atoms. The molecule has 1 unspecified atom stereocenters. The lowest BCUT2D eigenvalue weighted by atomic mass is 10.2. The van der Waals surface area contributed by atoms with Gasteiger partial charge in [-0.25, -0.2) is 10.1 Å². The lowest BCUT2D eigenvalue weighted by molar-refractivity contribution is -0.139. The molecule has 0 aromatic heterocycles. The summed E-state index contributed by atoms with van der Waals surface area (Å²) < 4.78 is 0. The third kappa shape index (κ3) is 2.78. The van der Waals surface area contributed by atoms with Gasteiger partial charge in [0, 0.05) is 18.8 Å². The largest absolute Gasteiger partial charge is 0.480 e. The van der Waals surface area contributed by atoms with E-state index < -0.39 is 23.9 Å². The fourth-order valence-corrected chi connectivity index (χ4v) is 1.02. The molecule has 3 N–H and O–H groups in total. The van der Waals surface area contributed by atoms with Gasteiger partial charge < -0.3 is 10.8 Å². The molecule has 0 aromatic carbocycles. The maximum Gasteiger partial charge on any atom is 0.350 e. The first kappa shape index (κ1) is 11.2. The summed E-state index contributed by atoms with van der Waals surface area (Å²) >= 11 is 0. The van der Waals surface area contributed by atoms with E-state index in [1.807, 2.05) is 0 Å². The maximum absolute atomic E-state index is 11.2. The van der Waals surface area contributed by atoms with Crippen LogP contribution in [0.1, 0.15) is 6.42 Å². The first-order valence-electron chi connectivity index (χ1n) is 4.23. The van der Waals surface area contributed by atoms with Gasteiger partial charge in [0.15, 0.2) is 0 Å². The van der Waals surface area contributed by atoms with Gasteiger partial charge in [0.05, 0.1) is 0 Å². The second-order valence-corrected chi connectivity index (χ2v) is 2.95. The highest BCUT2D eigenvalue weighted by atomic mass is 16.4. The van der Waals surface area contributed by atoms with Crippen molar-refractivity contribution >= 4 is 17.9 Å². The van der Waals surface area contributed by atoms with Gasteiger partial charge in [-0.15, -0.1) is 0 Å². The number of nitrogens with zero attached hydrogens (tertiary/aromatic N) is 2. The molecular weight excluding hydrogens is 202 g/mol. The van der Waals surface area contributed by atoms with Crippen molar-refractivity contribution in [1.29, 1.82) is 0 Å². The summed E-state index contributed by atoms with van der Waals surface area (Å²) in [5, 5.41) is 11.9. The normalized spacial score (nSPS) is 17.5. The van der Waals surface area contributed by atoms with E-state index in [0.717, 1.165) is 17.2 Å². The second kappa shape index (κ2) is 4.56. The van der Waals surface area contributed by atoms with Crippen molar-refractivity contribution in [3.63, 3.8) is 0 Å². The summed E-state index contributed by atoms with van der Waals surface area (Å²) in [5.41, 5.74) is 5.23. The zero-order valence-corrected chi connectivity index (χ0v) is 7.79. The molecule has 1 heterocycles. The fraction of sp³-hybridized carbons (Fsp3) is 0.375. The number of hydrogen-bond donors (Lipinski definition) is 2. The molecule has 3 amide bonds. The first-order chi connectivity index (χ1) is 7.02. The Hall–Kier alpha value is -1.89. The van der Waals surface area contributed by atoms with Crippen molar-refractivity contribution < 1.29 is 19.5 Å². The quantitative estimate of drug-likeness (QED) is 0.611. The maximum atomic E-state index is 11.2. The van der Waals surface area contributed by atoms with E-state index in [0.29, 0.717) is 0 Å². The van der Waals surface area contributed by atoms with Gasteiger partial charge in [-0.3, -0.25) is 14.5 Å². The van der Waals surface area contributed by atoms with Gasteiger partial charge >= 0.3 is 12.0 Å². The summed E-state index contributed by atoms with van der Waals surface area (Å²) in [7, 11) is 0. The van der Waals surface area contributed by atoms with Crippen molar-refractivity contribution in [3.8, 4) is 0 Å². The SMILES string of the molecule is NC(CCN1C(=O)C=C[N]C1=O)C(=O)O. The zero-order valence-electron chi connectivity index (χ0n) is 7.79. The van der Waals surface area contributed by atoms with Gasteiger partial charge in [-0.2, -0.15) is 0 Å². The molecule has 1 radical (unpaired) electrons. The third-order valence-corrected chi connectivity index (χ3v) is 1.88. The number of aliphatic carboxylic acids is 1. The van der Waals surface area contributed by atoms with Gasteiger partial charge in [0.2, 0.25) is 0 Å². The number of carbonyl (C=O) groups is 3. The Balaban J connectivity index is 2.51. The smallest absolute Gasteiger partial charge is 0.350 e. The topological polar surface area (TPSA) is 115 Å². The second-order valence-electron chi connectivity index (χ2n) is 2.95. The van der Waals surface area contributed by atoms with Crippen molar-refractivity contribution in [2.75, 3.05) is 6.54 Å². The van der Waals surface area contributed by atoms with Crippen LogP contribution in [-0.2, 0) is 9.59 Å². The fourth-order valence-electron chi connectivity index (χ4n) is 1.02. The van der Waals surface area contributed by atoms with Gasteiger partial charge in [-0.05, 0) is 6.42 Å². The standard InChI is InChI=1S/C8H10N3O4/c9-5(7(13)14)2-4-11-6(12)1-3-10-8(11)15/h1,3,5H,2,4,9H2,(H,13,14). The van der Waals surface area contributed by atoms with Crippen molar-refractivity contribution in [2.24, 2.45) is 5.73 Å². The van der Waals surface area contributed by atoms with Crippen LogP contribution in [0.4, 0.5) is 4.79 Å². The van der Waals surface area contributed by atoms with Gasteiger partial charge in [-0.1, -0.05) is 0 Å². The lowest BCUT2D eigenvalue weighted by Gasteiger charge is -2.21. The van der Waals surface area contributed by atoms with Crippen LogP contribution in [0, 0.1) is 0 Å². The van der Waals surface area contributed by atoms with Crippen LogP contribution in [-0.4, -0.2) is 40.5 Å². The van der Waals surface area contributed by atoms with E-state index in [1.165, 1.54) is 0 Å². The summed E-state index contributed by atoms with van der Waals surface area (Å²) in [6, 6.07) is -1.78. The minimum atomic E-state index is -1.17. The number of hydrogen-bond acceptors (Lipinski definition) is 4. The van der Waals surface area contributed by atoms with E-state index in [9.17, 15) is 14.4 Å². The molecule has 0 saturated heterocycles. The van der Waals surface area contributed by atoms with E-state index >= 15 is 0 Å². The molecule has 0 aliphatic carbocycles. The van der Waals surface area contributed by atoms with Crippen LogP contribution in [0.3, 0.4) is 0 Å². The number of carboxylic acids is 1. The predicted octanol–water partition coefficient (Wildman–Crippen LogP) is -1.13. The Bertz CT molecular complexity index is 326. The predicted molar refractivity (Wildman–Crippen MR) is 48.6 cm³/mol. The van der Waals surface area contributed by atoms with Crippen molar-refractivity contribution in [3.05, 3.63) is 12.3 Å². The van der Waals surface area contributed by atoms with Crippen molar-refractivity contribution in [1.82, 2.24) is 10.2 Å². The number of carbonyl (C=O) groups excluding carboxylic acids is 2. The Morgan fingerprint density at radius 1 is 1.60 bits per heavy atom. The van der Waals surface area contributed by atoms with Crippen LogP contribution in [0.5, 0.6) is 0 Å². The number of rotatable bonds is 4. The van der Waals surface area contributed by atoms with E-state index in [1.54, 1.807) is 0 Å². The average molecular weight is 212 g/mol. The third-order valence-electron chi connectivity index (χ3n) is 1.88. The van der Waals surface area contributed by atoms with Crippen molar-refractivity contribution in [2.45, 2.75) is 12.5 Å². The Morgan fingerprint density at radius 3 is 2.80 bits per heavy atom. The summed E-state index contributed by atoms with van der Waals surface area (Å²) in [6.07, 6.45) is 2.25. The number of amides is 3. The van der Waals surface area contributed by atoms with Crippen LogP contribution in [0.25, 0.3) is 0 Å². The molecule has 0 saturated carbocycles. The molecule has 1 atom stereocenters. The molecule has 0 bridgehead atoms. The molecule has 7 nitrogen and oxygen atoms in total. The number of imide groups is 1. The Morgan fingerprint density at radius 2 is 2.27 bits per heavy atom. The number of nitrogens with two attached hydrogens (primary N) is 1. The molecule has 1 aliphatic rings. The van der Waals surface area contributed by atoms with Gasteiger partial charge in [0.25, 0.3) is 5.91 Å². The molecule has 81 valence electrons. The molecule has 0 spiro atoms. The summed E-state index contributed by atoms with van der Waals surface area (Å²) in [4.78, 5) is 33.5. The molecule has 1 aliphatic heterocycles. The number of carboxylic acid groups (broad SMARTS) is 1.